The Morgan fingerprint density at radius 3 is 2.20 bits per heavy atom. The van der Waals surface area contributed by atoms with Gasteiger partial charge in [-0.25, -0.2) is 4.79 Å². The number of para-hydroxylation sites is 1. The molecule has 0 unspecified atom stereocenters. The van der Waals surface area contributed by atoms with E-state index >= 15 is 0 Å². The predicted octanol–water partition coefficient (Wildman–Crippen LogP) is 3.34. The lowest BCUT2D eigenvalue weighted by Crippen LogP contribution is -2.27. The first-order valence-corrected chi connectivity index (χ1v) is 9.39. The number of pyridine rings is 1. The molecule has 0 atom stereocenters. The van der Waals surface area contributed by atoms with E-state index in [0.29, 0.717) is 34.6 Å². The quantitative estimate of drug-likeness (QED) is 0.640. The van der Waals surface area contributed by atoms with Crippen molar-refractivity contribution in [3.8, 4) is 23.0 Å². The van der Waals surface area contributed by atoms with Gasteiger partial charge in [-0.1, -0.05) is 18.2 Å². The summed E-state index contributed by atoms with van der Waals surface area (Å²) in [7, 11) is 4.56. The van der Waals surface area contributed by atoms with Gasteiger partial charge in [0, 0.05) is 24.0 Å². The van der Waals surface area contributed by atoms with Crippen LogP contribution >= 0.6 is 0 Å². The van der Waals surface area contributed by atoms with E-state index in [4.69, 9.17) is 18.9 Å². The Kier molecular flexibility index (Phi) is 6.46. The van der Waals surface area contributed by atoms with Crippen LogP contribution in [0.1, 0.15) is 12.5 Å². The van der Waals surface area contributed by atoms with E-state index in [-0.39, 0.29) is 17.9 Å². The van der Waals surface area contributed by atoms with Crippen LogP contribution in [0.3, 0.4) is 0 Å². The van der Waals surface area contributed by atoms with Crippen LogP contribution in [-0.4, -0.2) is 32.0 Å². The molecule has 0 aliphatic heterocycles. The zero-order valence-corrected chi connectivity index (χ0v) is 17.4. The molecule has 3 rings (SSSR count). The topological polar surface area (TPSA) is 88.0 Å². The summed E-state index contributed by atoms with van der Waals surface area (Å²) in [6.45, 7) is 2.48. The van der Waals surface area contributed by atoms with Crippen molar-refractivity contribution in [1.29, 1.82) is 0 Å². The molecule has 30 heavy (non-hydrogen) atoms. The fourth-order valence-corrected chi connectivity index (χ4v) is 3.15. The molecule has 0 fully saturated rings. The summed E-state index contributed by atoms with van der Waals surface area (Å²) in [5.74, 6) is 1.75. The van der Waals surface area contributed by atoms with Gasteiger partial charge in [0.15, 0.2) is 17.2 Å². The van der Waals surface area contributed by atoms with Gasteiger partial charge in [0.25, 0.3) is 5.56 Å². The van der Waals surface area contributed by atoms with Crippen molar-refractivity contribution in [2.75, 3.05) is 21.3 Å². The Hall–Kier alpha value is -3.68. The van der Waals surface area contributed by atoms with Gasteiger partial charge in [-0.15, -0.1) is 0 Å². The minimum Gasteiger partial charge on any atom is -0.496 e. The van der Waals surface area contributed by atoms with Gasteiger partial charge in [-0.2, -0.15) is 0 Å². The van der Waals surface area contributed by atoms with Gasteiger partial charge in [0.1, 0.15) is 5.75 Å². The fourth-order valence-electron chi connectivity index (χ4n) is 3.15. The van der Waals surface area contributed by atoms with E-state index in [2.05, 4.69) is 5.32 Å². The first kappa shape index (κ1) is 21.0. The summed E-state index contributed by atoms with van der Waals surface area (Å²) in [6.07, 6.45) is 0.859. The molecule has 158 valence electrons. The predicted molar refractivity (Wildman–Crippen MR) is 113 cm³/mol. The van der Waals surface area contributed by atoms with Crippen molar-refractivity contribution in [3.63, 3.8) is 0 Å². The molecule has 3 aromatic rings. The molecule has 2 aromatic carbocycles. The molecule has 0 radical (unpaired) electrons. The number of nitrogens with zero attached hydrogens (tertiary/aromatic N) is 1. The Morgan fingerprint density at radius 1 is 0.933 bits per heavy atom. The van der Waals surface area contributed by atoms with Crippen LogP contribution in [0.4, 0.5) is 4.79 Å². The lowest BCUT2D eigenvalue weighted by atomic mass is 10.1. The lowest BCUT2D eigenvalue weighted by molar-refractivity contribution is 0.200. The fraction of sp³-hybridized carbons (Fsp3) is 0.273. The van der Waals surface area contributed by atoms with Crippen molar-refractivity contribution in [2.24, 2.45) is 0 Å². The summed E-state index contributed by atoms with van der Waals surface area (Å²) in [5.41, 5.74) is 0.599. The number of aromatic nitrogens is 1. The van der Waals surface area contributed by atoms with Gasteiger partial charge in [0.05, 0.1) is 32.9 Å². The molecule has 0 bridgehead atoms. The maximum atomic E-state index is 12.7. The van der Waals surface area contributed by atoms with Crippen LogP contribution in [-0.2, 0) is 13.1 Å². The first-order valence-electron chi connectivity index (χ1n) is 9.39. The highest BCUT2D eigenvalue weighted by atomic mass is 16.6. The molecule has 1 N–H and O–H groups in total. The Morgan fingerprint density at radius 2 is 1.57 bits per heavy atom. The van der Waals surface area contributed by atoms with Gasteiger partial charge in [-0.3, -0.25) is 4.79 Å². The third-order valence-corrected chi connectivity index (χ3v) is 4.71. The zero-order valence-electron chi connectivity index (χ0n) is 17.4. The van der Waals surface area contributed by atoms with E-state index in [9.17, 15) is 9.59 Å². The number of amides is 1. The monoisotopic (exact) mass is 412 g/mol. The standard InChI is InChI=1S/C22H24N2O6/c1-5-24-13-20(15-10-18(28-3)19(29-4)11-16(15)21(24)25)30-22(26)23-12-14-8-6-7-9-17(14)27-2/h6-11,13H,5,12H2,1-4H3,(H,23,26). The van der Waals surface area contributed by atoms with Crippen LogP contribution in [0.2, 0.25) is 0 Å². The van der Waals surface area contributed by atoms with Crippen molar-refractivity contribution in [2.45, 2.75) is 20.0 Å². The van der Waals surface area contributed by atoms with Crippen molar-refractivity contribution >= 4 is 16.9 Å². The summed E-state index contributed by atoms with van der Waals surface area (Å²) in [4.78, 5) is 25.2. The number of rotatable bonds is 7. The SMILES string of the molecule is CCn1cc(OC(=O)NCc2ccccc2OC)c2cc(OC)c(OC)cc2c1=O. The molecular formula is C22H24N2O6. The van der Waals surface area contributed by atoms with Crippen molar-refractivity contribution < 1.29 is 23.7 Å². The summed E-state index contributed by atoms with van der Waals surface area (Å²) in [5, 5.41) is 3.52. The van der Waals surface area contributed by atoms with E-state index in [1.54, 1.807) is 19.2 Å². The van der Waals surface area contributed by atoms with E-state index in [0.717, 1.165) is 5.56 Å². The average Bonchev–Trinajstić information content (AvgIpc) is 2.78. The number of carbonyl (C=O) groups excluding carboxylic acids is 1. The van der Waals surface area contributed by atoms with Gasteiger partial charge in [0.2, 0.25) is 0 Å². The number of nitrogens with one attached hydrogen (secondary N) is 1. The maximum absolute atomic E-state index is 12.7. The molecule has 1 amide bonds. The number of benzene rings is 2. The Balaban J connectivity index is 1.93. The van der Waals surface area contributed by atoms with Crippen molar-refractivity contribution in [3.05, 3.63) is 58.5 Å². The van der Waals surface area contributed by atoms with E-state index in [1.165, 1.54) is 25.0 Å². The zero-order chi connectivity index (χ0) is 21.7. The molecule has 0 aliphatic rings. The van der Waals surface area contributed by atoms with E-state index < -0.39 is 6.09 Å². The summed E-state index contributed by atoms with van der Waals surface area (Å²) in [6, 6.07) is 10.6. The number of aryl methyl sites for hydroxylation is 1. The molecule has 1 aromatic heterocycles. The number of fused-ring (bicyclic) bond motifs is 1. The van der Waals surface area contributed by atoms with Gasteiger partial charge >= 0.3 is 6.09 Å². The van der Waals surface area contributed by atoms with Gasteiger partial charge < -0.3 is 28.8 Å². The van der Waals surface area contributed by atoms with Crippen LogP contribution in [0.25, 0.3) is 10.8 Å². The second kappa shape index (κ2) is 9.21. The molecule has 8 nitrogen and oxygen atoms in total. The first-order chi connectivity index (χ1) is 14.5. The van der Waals surface area contributed by atoms with Crippen molar-refractivity contribution in [1.82, 2.24) is 9.88 Å². The minimum absolute atomic E-state index is 0.213. The van der Waals surface area contributed by atoms with Crippen LogP contribution < -0.4 is 29.8 Å². The normalized spacial score (nSPS) is 10.5. The molecule has 0 spiro atoms. The van der Waals surface area contributed by atoms with Gasteiger partial charge in [-0.05, 0) is 25.1 Å². The third kappa shape index (κ3) is 4.17. The van der Waals surface area contributed by atoms with E-state index in [1.807, 2.05) is 31.2 Å². The molecule has 0 saturated heterocycles. The minimum atomic E-state index is -0.654. The Labute approximate surface area is 173 Å². The van der Waals surface area contributed by atoms with Crippen LogP contribution in [0.15, 0.2) is 47.4 Å². The number of hydrogen-bond donors (Lipinski definition) is 1. The summed E-state index contributed by atoms with van der Waals surface area (Å²) >= 11 is 0. The molecular weight excluding hydrogens is 388 g/mol. The molecule has 0 aliphatic carbocycles. The number of hydrogen-bond acceptors (Lipinski definition) is 6. The Bertz CT molecular complexity index is 1120. The average molecular weight is 412 g/mol. The van der Waals surface area contributed by atoms with Crippen LogP contribution in [0.5, 0.6) is 23.0 Å². The largest absolute Gasteiger partial charge is 0.496 e. The maximum Gasteiger partial charge on any atom is 0.412 e. The molecule has 8 heteroatoms. The van der Waals surface area contributed by atoms with Crippen LogP contribution in [0, 0.1) is 0 Å². The lowest BCUT2D eigenvalue weighted by Gasteiger charge is -2.15. The smallest absolute Gasteiger partial charge is 0.412 e. The molecule has 0 saturated carbocycles. The number of methoxy groups -OCH3 is 3. The third-order valence-electron chi connectivity index (χ3n) is 4.71. The number of ether oxygens (including phenoxy) is 4. The molecule has 1 heterocycles. The highest BCUT2D eigenvalue weighted by Crippen LogP contribution is 2.35. The highest BCUT2D eigenvalue weighted by molar-refractivity contribution is 5.92. The number of carbonyl (C=O) groups is 1. The second-order valence-electron chi connectivity index (χ2n) is 6.39. The summed E-state index contributed by atoms with van der Waals surface area (Å²) < 4.78 is 22.9. The highest BCUT2D eigenvalue weighted by Gasteiger charge is 2.17. The second-order valence-corrected chi connectivity index (χ2v) is 6.39.